The molecule has 0 aliphatic carbocycles. The Morgan fingerprint density at radius 3 is 2.30 bits per heavy atom. The predicted octanol–water partition coefficient (Wildman–Crippen LogP) is 6.90. The topological polar surface area (TPSA) is 129 Å². The van der Waals surface area contributed by atoms with Gasteiger partial charge in [0.15, 0.2) is 0 Å². The molecule has 3 aromatic heterocycles. The minimum absolute atomic E-state index is 0. The molecular weight excluding hydrogens is 616 g/mol. The minimum atomic E-state index is -0.888. The Hall–Kier alpha value is -3.85. The van der Waals surface area contributed by atoms with Crippen LogP contribution in [-0.2, 0) is 37.8 Å². The number of hydrogen-bond acceptors (Lipinski definition) is 5. The molecule has 0 amide bonds. The van der Waals surface area contributed by atoms with E-state index in [1.807, 2.05) is 45.0 Å². The van der Waals surface area contributed by atoms with Crippen LogP contribution in [0, 0.1) is 13.8 Å². The van der Waals surface area contributed by atoms with E-state index < -0.39 is 11.9 Å². The zero-order valence-corrected chi connectivity index (χ0v) is 26.8. The van der Waals surface area contributed by atoms with E-state index in [-0.39, 0.29) is 40.6 Å². The largest absolute Gasteiger partial charge is 0.657 e. The number of aromatic nitrogens is 4. The van der Waals surface area contributed by atoms with Crippen LogP contribution in [-0.4, -0.2) is 32.1 Å². The Bertz CT molecular complexity index is 1950. The summed E-state index contributed by atoms with van der Waals surface area (Å²) in [5, 5.41) is 21.1. The average molecular weight is 649 g/mol. The van der Waals surface area contributed by atoms with Gasteiger partial charge in [0.1, 0.15) is 0 Å². The van der Waals surface area contributed by atoms with Gasteiger partial charge < -0.3 is 20.2 Å². The molecule has 0 spiro atoms. The maximum absolute atomic E-state index is 11.6. The van der Waals surface area contributed by atoms with Crippen LogP contribution >= 0.6 is 11.8 Å². The van der Waals surface area contributed by atoms with Crippen LogP contribution in [0.3, 0.4) is 0 Å². The molecule has 10 heteroatoms. The van der Waals surface area contributed by atoms with Crippen LogP contribution in [0.4, 0.5) is 0 Å². The third kappa shape index (κ3) is 5.36. The van der Waals surface area contributed by atoms with Crippen molar-refractivity contribution in [2.45, 2.75) is 64.0 Å². The van der Waals surface area contributed by atoms with Gasteiger partial charge in [-0.1, -0.05) is 59.7 Å². The van der Waals surface area contributed by atoms with Crippen molar-refractivity contribution < 1.29 is 36.9 Å². The van der Waals surface area contributed by atoms with Crippen molar-refractivity contribution in [3.63, 3.8) is 0 Å². The zero-order valence-electron chi connectivity index (χ0n) is 24.9. The van der Waals surface area contributed by atoms with Crippen molar-refractivity contribution in [3.05, 3.63) is 87.4 Å². The fourth-order valence-corrected chi connectivity index (χ4v) is 7.33. The number of carbonyl (C=O) groups is 2. The Kier molecular flexibility index (Phi) is 8.55. The van der Waals surface area contributed by atoms with E-state index in [2.05, 4.69) is 31.1 Å². The molecule has 0 fully saturated rings. The molecule has 0 saturated heterocycles. The first kappa shape index (κ1) is 31.6. The summed E-state index contributed by atoms with van der Waals surface area (Å²) in [5.41, 5.74) is 11.5. The van der Waals surface area contributed by atoms with E-state index in [9.17, 15) is 19.8 Å². The quantitative estimate of drug-likeness (QED) is 0.263. The van der Waals surface area contributed by atoms with Crippen LogP contribution in [0.5, 0.6) is 0 Å². The van der Waals surface area contributed by atoms with E-state index in [0.717, 1.165) is 61.3 Å². The fourth-order valence-electron chi connectivity index (χ4n) is 6.25. The predicted molar refractivity (Wildman–Crippen MR) is 171 cm³/mol. The van der Waals surface area contributed by atoms with Gasteiger partial charge in [0.05, 0.1) is 21.8 Å². The van der Waals surface area contributed by atoms with Crippen molar-refractivity contribution in [3.8, 4) is 0 Å². The smallest absolute Gasteiger partial charge is 0.303 e. The molecule has 3 aliphatic heterocycles. The molecule has 3 aliphatic rings. The van der Waals surface area contributed by atoms with Gasteiger partial charge in [-0.15, -0.1) is 33.8 Å². The third-order valence-corrected chi connectivity index (χ3v) is 10.1. The molecule has 0 aromatic carbocycles. The van der Waals surface area contributed by atoms with Crippen LogP contribution < -0.4 is 9.97 Å². The van der Waals surface area contributed by atoms with Crippen molar-refractivity contribution in [2.24, 2.45) is 0 Å². The van der Waals surface area contributed by atoms with Crippen LogP contribution in [0.2, 0.25) is 0 Å². The van der Waals surface area contributed by atoms with Gasteiger partial charge >= 0.3 is 11.9 Å². The van der Waals surface area contributed by atoms with Crippen LogP contribution in [0.1, 0.15) is 84.1 Å². The summed E-state index contributed by atoms with van der Waals surface area (Å²) < 4.78 is -0.298. The zero-order chi connectivity index (χ0) is 30.6. The molecule has 0 radical (unpaired) electrons. The number of aliphatic carboxylic acids is 2. The van der Waals surface area contributed by atoms with Gasteiger partial charge in [-0.25, -0.2) is 4.98 Å². The standard InChI is InChI=1S/C34H34N4O4S.Fe/c1-6-20-17(2)24-13-25-18(3)21(7-9-32(39)40)27(35-25)15-28-22(8-10-33(41)42)19(4)26(36-28)14-30-23-11-12-43-34(23,5)31(38-30)16-29(20)37-24;/h6,11-16,23H,1,7-10H2,2-5H3,(H4,35,36,37,38,39,40,41,42);/p-2/t23?,34-;/m1./s1. The van der Waals surface area contributed by atoms with Gasteiger partial charge in [0.2, 0.25) is 0 Å². The van der Waals surface area contributed by atoms with Crippen molar-refractivity contribution in [2.75, 3.05) is 0 Å². The second-order valence-corrected chi connectivity index (χ2v) is 12.8. The molecule has 2 N–H and O–H groups in total. The number of thioether (sulfide) groups is 1. The first-order valence-corrected chi connectivity index (χ1v) is 15.1. The molecule has 8 nitrogen and oxygen atoms in total. The molecular formula is C34H32FeN4O4S-2. The number of carboxylic acids is 2. The van der Waals surface area contributed by atoms with Crippen LogP contribution in [0.15, 0.2) is 42.3 Å². The van der Waals surface area contributed by atoms with Crippen molar-refractivity contribution in [1.82, 2.24) is 19.9 Å². The summed E-state index contributed by atoms with van der Waals surface area (Å²) in [6.07, 6.45) is 4.55. The van der Waals surface area contributed by atoms with Gasteiger partial charge in [-0.2, -0.15) is 0 Å². The van der Waals surface area contributed by atoms with E-state index in [4.69, 9.17) is 19.9 Å². The molecule has 0 saturated carbocycles. The number of fused-ring (bicyclic) bond motifs is 11. The Morgan fingerprint density at radius 2 is 1.59 bits per heavy atom. The average Bonchev–Trinajstić information content (AvgIpc) is 3.69. The van der Waals surface area contributed by atoms with E-state index in [0.29, 0.717) is 29.7 Å². The number of allylic oxidation sites excluding steroid dienone is 3. The molecule has 6 heterocycles. The fraction of sp³-hybridized carbons (Fsp3) is 0.294. The number of aryl methyl sites for hydroxylation is 3. The maximum Gasteiger partial charge on any atom is 0.303 e. The second-order valence-electron chi connectivity index (χ2n) is 11.4. The molecule has 6 rings (SSSR count). The van der Waals surface area contributed by atoms with Gasteiger partial charge in [0, 0.05) is 41.5 Å². The van der Waals surface area contributed by atoms with E-state index in [1.165, 1.54) is 0 Å². The first-order chi connectivity index (χ1) is 20.5. The van der Waals surface area contributed by atoms with Crippen LogP contribution in [0.25, 0.3) is 39.3 Å². The summed E-state index contributed by atoms with van der Waals surface area (Å²) in [7, 11) is 0. The molecule has 2 atom stereocenters. The van der Waals surface area contributed by atoms with Gasteiger partial charge in [0.25, 0.3) is 0 Å². The summed E-state index contributed by atoms with van der Waals surface area (Å²) in [6.45, 7) is 12.2. The molecule has 8 bridgehead atoms. The van der Waals surface area contributed by atoms with Gasteiger partial charge in [-0.05, 0) is 62.7 Å². The summed E-state index contributed by atoms with van der Waals surface area (Å²) >= 11 is 1.74. The molecule has 3 aromatic rings. The number of hydrogen-bond donors (Lipinski definition) is 2. The Morgan fingerprint density at radius 1 is 0.932 bits per heavy atom. The monoisotopic (exact) mass is 648 g/mol. The van der Waals surface area contributed by atoms with E-state index >= 15 is 0 Å². The van der Waals surface area contributed by atoms with E-state index in [1.54, 1.807) is 11.8 Å². The Balaban J connectivity index is 0.00000384. The second kappa shape index (κ2) is 11.9. The van der Waals surface area contributed by atoms with Gasteiger partial charge in [-0.3, -0.25) is 14.6 Å². The number of nitrogens with zero attached hydrogens (tertiary/aromatic N) is 4. The summed E-state index contributed by atoms with van der Waals surface area (Å²) in [4.78, 5) is 43.2. The SMILES string of the molecule is C=Cc1c(C)c2cc3nc(cc4[n-]c(cc5nc(cc1[n-]2)[C@]1(C)SC=CC51)c(C)c4CCC(=O)O)C(CCC(=O)O)=C3C.[Fe]. The number of carboxylic acid groups (broad SMARTS) is 2. The Labute approximate surface area is 270 Å². The summed E-state index contributed by atoms with van der Waals surface area (Å²) in [6, 6.07) is 7.89. The normalized spacial score (nSPS) is 18.7. The minimum Gasteiger partial charge on any atom is -0.657 e. The molecule has 1 unspecified atom stereocenters. The number of rotatable bonds is 7. The summed E-state index contributed by atoms with van der Waals surface area (Å²) in [5.74, 6) is -1.73. The molecule has 44 heavy (non-hydrogen) atoms. The maximum atomic E-state index is 11.6. The van der Waals surface area contributed by atoms with Crippen molar-refractivity contribution >= 4 is 63.0 Å². The molecule has 228 valence electrons. The first-order valence-electron chi connectivity index (χ1n) is 14.2. The van der Waals surface area contributed by atoms with Crippen molar-refractivity contribution in [1.29, 1.82) is 0 Å². The third-order valence-electron chi connectivity index (χ3n) is 8.82.